The molecule has 0 aromatic heterocycles. The molecule has 0 radical (unpaired) electrons. The van der Waals surface area contributed by atoms with Crippen molar-refractivity contribution < 1.29 is 19.3 Å². The van der Waals surface area contributed by atoms with Gasteiger partial charge in [0.05, 0.1) is 16.8 Å². The van der Waals surface area contributed by atoms with E-state index in [1.165, 1.54) is 18.2 Å². The Labute approximate surface area is 154 Å². The molecule has 4 atom stereocenters. The van der Waals surface area contributed by atoms with Gasteiger partial charge in [-0.1, -0.05) is 12.2 Å². The highest BCUT2D eigenvalue weighted by molar-refractivity contribution is 6.06. The Hall–Kier alpha value is -3.23. The summed E-state index contributed by atoms with van der Waals surface area (Å²) in [4.78, 5) is 48.6. The Balaban J connectivity index is 1.37. The second kappa shape index (κ2) is 6.19. The van der Waals surface area contributed by atoms with Gasteiger partial charge in [0, 0.05) is 17.8 Å². The number of aryl methyl sites for hydroxylation is 1. The number of rotatable bonds is 4. The number of likely N-dealkylation sites (tertiary alicyclic amines) is 1. The van der Waals surface area contributed by atoms with Crippen LogP contribution in [-0.2, 0) is 9.59 Å². The minimum Gasteiger partial charge on any atom is -0.320 e. The summed E-state index contributed by atoms with van der Waals surface area (Å²) in [6, 6.07) is 3.49. The van der Waals surface area contributed by atoms with Gasteiger partial charge in [0.1, 0.15) is 6.67 Å². The van der Waals surface area contributed by atoms with E-state index >= 15 is 0 Å². The first-order valence-electron chi connectivity index (χ1n) is 8.70. The van der Waals surface area contributed by atoms with E-state index in [9.17, 15) is 24.5 Å². The van der Waals surface area contributed by atoms with Crippen molar-refractivity contribution in [1.29, 1.82) is 0 Å². The molecule has 1 aromatic rings. The van der Waals surface area contributed by atoms with Crippen LogP contribution in [0.1, 0.15) is 12.0 Å². The van der Waals surface area contributed by atoms with Crippen LogP contribution in [0.5, 0.6) is 0 Å². The fraction of sp³-hybridized carbons (Fsp3) is 0.389. The number of fused-ring (bicyclic) bond motifs is 5. The number of nitrogens with one attached hydrogen (secondary N) is 2. The fourth-order valence-corrected chi connectivity index (χ4v) is 4.34. The zero-order valence-corrected chi connectivity index (χ0v) is 14.5. The van der Waals surface area contributed by atoms with Gasteiger partial charge < -0.3 is 10.6 Å². The number of imide groups is 1. The van der Waals surface area contributed by atoms with E-state index in [4.69, 9.17) is 0 Å². The summed E-state index contributed by atoms with van der Waals surface area (Å²) in [6.45, 7) is 1.45. The molecular weight excluding hydrogens is 352 g/mol. The molecule has 4 amide bonds. The number of carbonyl (C=O) groups excluding carboxylic acids is 3. The molecule has 140 valence electrons. The number of allylic oxidation sites excluding steroid dienone is 2. The maximum Gasteiger partial charge on any atom is 0.320 e. The number of nitro benzene ring substituents is 1. The lowest BCUT2D eigenvalue weighted by atomic mass is 9.85. The molecule has 9 heteroatoms. The second-order valence-electron chi connectivity index (χ2n) is 7.15. The average molecular weight is 370 g/mol. The van der Waals surface area contributed by atoms with Crippen LogP contribution in [0.15, 0.2) is 30.4 Å². The molecule has 0 spiro atoms. The van der Waals surface area contributed by atoms with Gasteiger partial charge in [-0.15, -0.1) is 0 Å². The molecule has 4 unspecified atom stereocenters. The molecule has 4 rings (SSSR count). The zero-order chi connectivity index (χ0) is 19.3. The van der Waals surface area contributed by atoms with Crippen molar-refractivity contribution in [2.75, 3.05) is 12.0 Å². The molecule has 2 bridgehead atoms. The highest BCUT2D eigenvalue weighted by atomic mass is 16.6. The van der Waals surface area contributed by atoms with Crippen molar-refractivity contribution in [1.82, 2.24) is 10.2 Å². The van der Waals surface area contributed by atoms with Crippen molar-refractivity contribution in [2.45, 2.75) is 13.3 Å². The molecule has 2 fully saturated rings. The Morgan fingerprint density at radius 3 is 2.41 bits per heavy atom. The summed E-state index contributed by atoms with van der Waals surface area (Å²) >= 11 is 0. The van der Waals surface area contributed by atoms with E-state index in [2.05, 4.69) is 10.6 Å². The van der Waals surface area contributed by atoms with E-state index in [0.717, 1.165) is 11.3 Å². The van der Waals surface area contributed by atoms with Gasteiger partial charge in [-0.3, -0.25) is 24.6 Å². The lowest BCUT2D eigenvalue weighted by Gasteiger charge is -2.18. The van der Waals surface area contributed by atoms with E-state index in [0.29, 0.717) is 11.3 Å². The first kappa shape index (κ1) is 17.2. The number of hydrogen-bond donors (Lipinski definition) is 2. The number of benzene rings is 1. The molecule has 1 saturated carbocycles. The van der Waals surface area contributed by atoms with Crippen LogP contribution in [0, 0.1) is 40.7 Å². The predicted molar refractivity (Wildman–Crippen MR) is 94.4 cm³/mol. The van der Waals surface area contributed by atoms with Gasteiger partial charge in [-0.25, -0.2) is 4.79 Å². The van der Waals surface area contributed by atoms with Crippen LogP contribution < -0.4 is 10.6 Å². The highest BCUT2D eigenvalue weighted by Gasteiger charge is 2.59. The number of urea groups is 1. The van der Waals surface area contributed by atoms with Gasteiger partial charge in [0.2, 0.25) is 11.8 Å². The molecule has 1 aromatic carbocycles. The molecule has 1 aliphatic heterocycles. The Morgan fingerprint density at radius 2 is 1.85 bits per heavy atom. The van der Waals surface area contributed by atoms with Crippen molar-refractivity contribution in [3.8, 4) is 0 Å². The monoisotopic (exact) mass is 370 g/mol. The van der Waals surface area contributed by atoms with Gasteiger partial charge in [0.25, 0.3) is 5.69 Å². The van der Waals surface area contributed by atoms with E-state index in [1.54, 1.807) is 6.92 Å². The SMILES string of the molecule is Cc1cc([N+](=O)[O-])ccc1NC(=O)NCN1C(=O)C2C3C=CC(C3)C2C1=O. The maximum atomic E-state index is 12.5. The normalized spacial score (nSPS) is 27.8. The molecule has 2 aliphatic carbocycles. The lowest BCUT2D eigenvalue weighted by molar-refractivity contribution is -0.384. The molecule has 27 heavy (non-hydrogen) atoms. The topological polar surface area (TPSA) is 122 Å². The minimum atomic E-state index is -0.592. The first-order valence-corrected chi connectivity index (χ1v) is 8.70. The molecule has 3 aliphatic rings. The number of anilines is 1. The van der Waals surface area contributed by atoms with Crippen LogP contribution in [0.2, 0.25) is 0 Å². The van der Waals surface area contributed by atoms with Crippen LogP contribution in [-0.4, -0.2) is 34.3 Å². The largest absolute Gasteiger partial charge is 0.320 e. The smallest absolute Gasteiger partial charge is 0.320 e. The summed E-state index contributed by atoms with van der Waals surface area (Å²) in [5, 5.41) is 15.9. The third-order valence-corrected chi connectivity index (χ3v) is 5.63. The quantitative estimate of drug-likeness (QED) is 0.362. The Morgan fingerprint density at radius 1 is 1.22 bits per heavy atom. The van der Waals surface area contributed by atoms with E-state index in [1.807, 2.05) is 12.2 Å². The van der Waals surface area contributed by atoms with Crippen molar-refractivity contribution >= 4 is 29.2 Å². The average Bonchev–Trinajstić information content (AvgIpc) is 3.29. The number of amides is 4. The summed E-state index contributed by atoms with van der Waals surface area (Å²) in [5.74, 6) is -0.804. The molecule has 1 heterocycles. The van der Waals surface area contributed by atoms with Crippen LogP contribution in [0.3, 0.4) is 0 Å². The Kier molecular flexibility index (Phi) is 3.94. The number of non-ortho nitro benzene ring substituents is 1. The van der Waals surface area contributed by atoms with Gasteiger partial charge >= 0.3 is 6.03 Å². The molecule has 9 nitrogen and oxygen atoms in total. The molecule has 1 saturated heterocycles. The van der Waals surface area contributed by atoms with Crippen LogP contribution in [0.25, 0.3) is 0 Å². The molecular formula is C18H18N4O5. The van der Waals surface area contributed by atoms with Crippen LogP contribution in [0.4, 0.5) is 16.2 Å². The van der Waals surface area contributed by atoms with E-state index < -0.39 is 11.0 Å². The highest BCUT2D eigenvalue weighted by Crippen LogP contribution is 2.52. The van der Waals surface area contributed by atoms with E-state index in [-0.39, 0.29) is 47.8 Å². The summed E-state index contributed by atoms with van der Waals surface area (Å²) in [5.41, 5.74) is 0.877. The minimum absolute atomic E-state index is 0.0681. The number of nitrogens with zero attached hydrogens (tertiary/aromatic N) is 2. The first-order chi connectivity index (χ1) is 12.9. The number of nitro groups is 1. The van der Waals surface area contributed by atoms with Gasteiger partial charge in [-0.05, 0) is 36.8 Å². The summed E-state index contributed by atoms with van der Waals surface area (Å²) in [7, 11) is 0. The molecule has 2 N–H and O–H groups in total. The summed E-state index contributed by atoms with van der Waals surface area (Å²) in [6.07, 6.45) is 4.88. The van der Waals surface area contributed by atoms with Crippen molar-refractivity contribution in [2.24, 2.45) is 23.7 Å². The maximum absolute atomic E-state index is 12.5. The Bertz CT molecular complexity index is 866. The van der Waals surface area contributed by atoms with Crippen LogP contribution >= 0.6 is 0 Å². The van der Waals surface area contributed by atoms with Crippen molar-refractivity contribution in [3.05, 3.63) is 46.0 Å². The lowest BCUT2D eigenvalue weighted by Crippen LogP contribution is -2.43. The zero-order valence-electron chi connectivity index (χ0n) is 14.5. The second-order valence-corrected chi connectivity index (χ2v) is 7.15. The third-order valence-electron chi connectivity index (χ3n) is 5.63. The van der Waals surface area contributed by atoms with Crippen molar-refractivity contribution in [3.63, 3.8) is 0 Å². The summed E-state index contributed by atoms with van der Waals surface area (Å²) < 4.78 is 0. The standard InChI is InChI=1S/C18H18N4O5/c1-9-6-12(22(26)27)4-5-13(9)20-18(25)19-8-21-16(23)14-10-2-3-11(7-10)15(14)17(21)24/h2-6,10-11,14-15H,7-8H2,1H3,(H2,19,20,25). The number of carbonyl (C=O) groups is 3. The number of hydrogen-bond acceptors (Lipinski definition) is 5. The third kappa shape index (κ3) is 2.75. The van der Waals surface area contributed by atoms with Gasteiger partial charge in [0.15, 0.2) is 0 Å². The predicted octanol–water partition coefficient (Wildman–Crippen LogP) is 1.79. The fourth-order valence-electron chi connectivity index (χ4n) is 4.34. The van der Waals surface area contributed by atoms with Gasteiger partial charge in [-0.2, -0.15) is 0 Å².